The number of hydrogen-bond donors (Lipinski definition) is 2. The van der Waals surface area contributed by atoms with Crippen LogP contribution in [0.25, 0.3) is 0 Å². The van der Waals surface area contributed by atoms with Crippen molar-refractivity contribution >= 4 is 29.1 Å². The zero-order valence-corrected chi connectivity index (χ0v) is 36.6. The highest BCUT2D eigenvalue weighted by molar-refractivity contribution is 7.09. The van der Waals surface area contributed by atoms with E-state index in [1.165, 1.54) is 5.57 Å². The number of nitrogens with zero attached hydrogens (tertiary/aromatic N) is 3. The molecule has 9 atom stereocenters. The molecule has 1 heterocycles. The van der Waals surface area contributed by atoms with Crippen molar-refractivity contribution in [2.24, 2.45) is 56.2 Å². The standard InChI is InChI=1S/C45H71N3O6S/c1-28(2)37-30(49)24-45(33(50)26-48(22-21-47(10)11)27-35-46-20-23-55-35)19-18-43(8)29(38(37)45)12-13-32-42(7)16-15-34(54-36(51)25-40(3,4)39(52)53)41(5,6)31(42)14-17-44(32,43)9/h20,23,28-29,31-34,50H,12-19,21-22,24-27H2,1-11H3,(H,52,53). The fourth-order valence-corrected chi connectivity index (χ4v) is 14.1. The van der Waals surface area contributed by atoms with Gasteiger partial charge in [0.15, 0.2) is 5.78 Å². The molecule has 4 fully saturated rings. The van der Waals surface area contributed by atoms with Crippen LogP contribution in [0, 0.1) is 56.2 Å². The van der Waals surface area contributed by atoms with Gasteiger partial charge in [-0.1, -0.05) is 54.0 Å². The SMILES string of the molecule is CC(C)C1=C2C3CCC4C5(C)CCC(OC(=O)CC(C)(C)C(=O)O)C(C)(C)C5CCC4(C)C3(C)CCC2(C(O)CN(CCN(C)C)Cc2nccs2)CC1=O. The number of carbonyl (C=O) groups excluding carboxylic acids is 2. The maximum absolute atomic E-state index is 14.3. The lowest BCUT2D eigenvalue weighted by Crippen LogP contribution is -2.66. The van der Waals surface area contributed by atoms with Crippen LogP contribution < -0.4 is 0 Å². The highest BCUT2D eigenvalue weighted by atomic mass is 32.1. The van der Waals surface area contributed by atoms with Crippen molar-refractivity contribution in [3.63, 3.8) is 0 Å². The van der Waals surface area contributed by atoms with E-state index in [2.05, 4.69) is 77.3 Å². The summed E-state index contributed by atoms with van der Waals surface area (Å²) in [4.78, 5) is 48.3. The van der Waals surface area contributed by atoms with Crippen molar-refractivity contribution < 1.29 is 29.3 Å². The number of ether oxygens (including phenoxy) is 1. The summed E-state index contributed by atoms with van der Waals surface area (Å²) in [6.45, 7) is 22.6. The van der Waals surface area contributed by atoms with E-state index >= 15 is 0 Å². The third kappa shape index (κ3) is 7.09. The van der Waals surface area contributed by atoms with Crippen LogP contribution in [0.2, 0.25) is 0 Å². The van der Waals surface area contributed by atoms with Gasteiger partial charge in [0.05, 0.1) is 24.5 Å². The van der Waals surface area contributed by atoms with Gasteiger partial charge in [0.2, 0.25) is 0 Å². The van der Waals surface area contributed by atoms with Crippen LogP contribution in [0.15, 0.2) is 22.7 Å². The molecular weight excluding hydrogens is 711 g/mol. The molecule has 9 unspecified atom stereocenters. The Labute approximate surface area is 335 Å². The monoisotopic (exact) mass is 782 g/mol. The first-order valence-corrected chi connectivity index (χ1v) is 22.1. The van der Waals surface area contributed by atoms with Crippen molar-refractivity contribution in [3.8, 4) is 0 Å². The van der Waals surface area contributed by atoms with Crippen LogP contribution in [0.3, 0.4) is 0 Å². The molecule has 10 heteroatoms. The number of allylic oxidation sites excluding steroid dienone is 1. The second-order valence-corrected chi connectivity index (χ2v) is 22.0. The minimum absolute atomic E-state index is 0.0193. The number of fused-ring (bicyclic) bond motifs is 7. The lowest BCUT2D eigenvalue weighted by Gasteiger charge is -2.72. The van der Waals surface area contributed by atoms with Gasteiger partial charge in [-0.2, -0.15) is 0 Å². The summed E-state index contributed by atoms with van der Waals surface area (Å²) in [5.74, 6) is 0.0517. The van der Waals surface area contributed by atoms with E-state index in [0.29, 0.717) is 31.3 Å². The summed E-state index contributed by atoms with van der Waals surface area (Å²) >= 11 is 1.65. The van der Waals surface area contributed by atoms with Gasteiger partial charge in [0.1, 0.15) is 11.1 Å². The molecule has 1 aromatic rings. The number of carbonyl (C=O) groups is 3. The summed E-state index contributed by atoms with van der Waals surface area (Å²) in [7, 11) is 4.17. The van der Waals surface area contributed by atoms with Gasteiger partial charge in [0, 0.05) is 48.5 Å². The lowest BCUT2D eigenvalue weighted by molar-refractivity contribution is -0.235. The average molecular weight is 782 g/mol. The topological polar surface area (TPSA) is 120 Å². The predicted octanol–water partition coefficient (Wildman–Crippen LogP) is 8.26. The first-order chi connectivity index (χ1) is 25.5. The molecule has 0 amide bonds. The highest BCUT2D eigenvalue weighted by Crippen LogP contribution is 2.77. The summed E-state index contributed by atoms with van der Waals surface area (Å²) < 4.78 is 6.19. The third-order valence-corrected chi connectivity index (χ3v) is 17.4. The van der Waals surface area contributed by atoms with Gasteiger partial charge < -0.3 is 19.8 Å². The number of aliphatic hydroxyl groups excluding tert-OH is 1. The highest BCUT2D eigenvalue weighted by Gasteiger charge is 2.71. The number of rotatable bonds is 13. The normalized spacial score (nSPS) is 36.4. The molecule has 5 aliphatic carbocycles. The Hall–Kier alpha value is -2.14. The van der Waals surface area contributed by atoms with Gasteiger partial charge in [-0.3, -0.25) is 19.3 Å². The second-order valence-electron chi connectivity index (χ2n) is 21.0. The number of carboxylic acid groups (broad SMARTS) is 1. The molecule has 2 N–H and O–H groups in total. The van der Waals surface area contributed by atoms with Gasteiger partial charge in [0.25, 0.3) is 0 Å². The van der Waals surface area contributed by atoms with Gasteiger partial charge in [-0.25, -0.2) is 4.98 Å². The Morgan fingerprint density at radius 1 is 0.982 bits per heavy atom. The van der Waals surface area contributed by atoms with E-state index in [9.17, 15) is 24.6 Å². The summed E-state index contributed by atoms with van der Waals surface area (Å²) in [5.41, 5.74) is 0.453. The number of hydrogen-bond acceptors (Lipinski definition) is 9. The van der Waals surface area contributed by atoms with E-state index in [4.69, 9.17) is 4.74 Å². The zero-order valence-electron chi connectivity index (χ0n) is 35.8. The minimum Gasteiger partial charge on any atom is -0.481 e. The molecule has 55 heavy (non-hydrogen) atoms. The minimum atomic E-state index is -1.17. The summed E-state index contributed by atoms with van der Waals surface area (Å²) in [6, 6.07) is 0. The van der Waals surface area contributed by atoms with Crippen LogP contribution in [0.4, 0.5) is 0 Å². The maximum Gasteiger partial charge on any atom is 0.309 e. The van der Waals surface area contributed by atoms with E-state index in [0.717, 1.165) is 75.0 Å². The largest absolute Gasteiger partial charge is 0.481 e. The zero-order chi connectivity index (χ0) is 40.5. The molecule has 0 aromatic carbocycles. The molecule has 5 aliphatic rings. The average Bonchev–Trinajstić information content (AvgIpc) is 3.70. The van der Waals surface area contributed by atoms with E-state index < -0.39 is 28.9 Å². The molecule has 0 radical (unpaired) electrons. The third-order valence-electron chi connectivity index (χ3n) is 16.6. The van der Waals surface area contributed by atoms with Crippen LogP contribution in [0.5, 0.6) is 0 Å². The Morgan fingerprint density at radius 3 is 2.31 bits per heavy atom. The van der Waals surface area contributed by atoms with Gasteiger partial charge in [-0.05, 0) is 125 Å². The number of thiazole rings is 1. The van der Waals surface area contributed by atoms with Crippen molar-refractivity contribution in [3.05, 3.63) is 27.7 Å². The van der Waals surface area contributed by atoms with E-state index in [1.54, 1.807) is 25.2 Å². The number of aliphatic carboxylic acids is 1. The lowest BCUT2D eigenvalue weighted by atomic mass is 9.33. The molecule has 4 saturated carbocycles. The molecule has 0 bridgehead atoms. The predicted molar refractivity (Wildman–Crippen MR) is 217 cm³/mol. The molecule has 0 spiro atoms. The Bertz CT molecular complexity index is 1650. The maximum atomic E-state index is 14.3. The molecule has 0 saturated heterocycles. The smallest absolute Gasteiger partial charge is 0.309 e. The number of Topliss-reactive ketones (excluding diaryl/α,β-unsaturated/α-hetero) is 1. The Kier molecular flexibility index (Phi) is 11.5. The molecule has 0 aliphatic heterocycles. The Morgan fingerprint density at radius 2 is 1.69 bits per heavy atom. The number of likely N-dealkylation sites (N-methyl/N-ethyl adjacent to an activating group) is 1. The molecular formula is C45H71N3O6S. The number of aliphatic hydroxyl groups is 1. The number of carboxylic acids is 1. The molecule has 6 rings (SSSR count). The van der Waals surface area contributed by atoms with E-state index in [1.807, 2.05) is 11.6 Å². The fourth-order valence-electron chi connectivity index (χ4n) is 13.4. The Balaban J connectivity index is 1.28. The fraction of sp³-hybridized carbons (Fsp3) is 0.822. The quantitative estimate of drug-likeness (QED) is 0.191. The first-order valence-electron chi connectivity index (χ1n) is 21.2. The van der Waals surface area contributed by atoms with Crippen LogP contribution in [0.1, 0.15) is 132 Å². The van der Waals surface area contributed by atoms with E-state index in [-0.39, 0.29) is 51.8 Å². The number of aromatic nitrogens is 1. The van der Waals surface area contributed by atoms with Gasteiger partial charge >= 0.3 is 11.9 Å². The first kappa shape index (κ1) is 42.5. The number of ketones is 1. The second kappa shape index (κ2) is 14.9. The summed E-state index contributed by atoms with van der Waals surface area (Å²) in [5, 5.41) is 25.3. The molecule has 1 aromatic heterocycles. The van der Waals surface area contributed by atoms with Crippen molar-refractivity contribution in [2.45, 2.75) is 145 Å². The molecule has 308 valence electrons. The number of esters is 1. The summed E-state index contributed by atoms with van der Waals surface area (Å²) in [6.07, 6.45) is 9.08. The van der Waals surface area contributed by atoms with Crippen molar-refractivity contribution in [1.29, 1.82) is 0 Å². The van der Waals surface area contributed by atoms with Crippen molar-refractivity contribution in [1.82, 2.24) is 14.8 Å². The van der Waals surface area contributed by atoms with Crippen LogP contribution >= 0.6 is 11.3 Å². The van der Waals surface area contributed by atoms with Gasteiger partial charge in [-0.15, -0.1) is 11.3 Å². The van der Waals surface area contributed by atoms with Crippen molar-refractivity contribution in [2.75, 3.05) is 33.7 Å². The molecule has 9 nitrogen and oxygen atoms in total. The van der Waals surface area contributed by atoms with Crippen LogP contribution in [-0.2, 0) is 25.7 Å². The van der Waals surface area contributed by atoms with Crippen LogP contribution in [-0.4, -0.2) is 88.7 Å².